The maximum absolute atomic E-state index is 5.04. The summed E-state index contributed by atoms with van der Waals surface area (Å²) < 4.78 is 5.04. The van der Waals surface area contributed by atoms with Gasteiger partial charge in [0.25, 0.3) is 0 Å². The van der Waals surface area contributed by atoms with E-state index in [1.807, 2.05) is 0 Å². The minimum Gasteiger partial charge on any atom is -0.387 e. The van der Waals surface area contributed by atoms with E-state index in [9.17, 15) is 0 Å². The average Bonchev–Trinajstić information content (AvgIpc) is 1.72. The van der Waals surface area contributed by atoms with E-state index in [0.29, 0.717) is 0 Å². The average molecular weight is 231 g/mol. The Balaban J connectivity index is 0. The normalized spacial score (nSPS) is 18.0. The molecule has 0 bridgehead atoms. The van der Waals surface area contributed by atoms with Crippen LogP contribution in [0, 0.1) is 6.42 Å². The topological polar surface area (TPSA) is 9.23 Å². The van der Waals surface area contributed by atoms with Crippen molar-refractivity contribution in [2.24, 2.45) is 0 Å². The Morgan fingerprint density at radius 2 is 1.62 bits per heavy atom. The minimum absolute atomic E-state index is 0. The van der Waals surface area contributed by atoms with Gasteiger partial charge in [0.1, 0.15) is 0 Å². The summed E-state index contributed by atoms with van der Waals surface area (Å²) in [5, 5.41) is 0. The SMILES string of the molecule is Br.[CH-]1CCOCC1.[Zn]. The van der Waals surface area contributed by atoms with Crippen molar-refractivity contribution >= 4 is 17.0 Å². The molecule has 3 heteroatoms. The van der Waals surface area contributed by atoms with Crippen LogP contribution in [0.1, 0.15) is 12.8 Å². The molecule has 1 nitrogen and oxygen atoms in total. The van der Waals surface area contributed by atoms with Gasteiger partial charge in [0.05, 0.1) is 0 Å². The van der Waals surface area contributed by atoms with Crippen LogP contribution in [0.2, 0.25) is 0 Å². The molecule has 1 fully saturated rings. The molecule has 1 heterocycles. The Morgan fingerprint density at radius 3 is 1.75 bits per heavy atom. The van der Waals surface area contributed by atoms with Crippen molar-refractivity contribution < 1.29 is 24.2 Å². The van der Waals surface area contributed by atoms with E-state index >= 15 is 0 Å². The number of hydrogen-bond acceptors (Lipinski definition) is 1. The molecule has 0 N–H and O–H groups in total. The summed E-state index contributed by atoms with van der Waals surface area (Å²) >= 11 is 0. The summed E-state index contributed by atoms with van der Waals surface area (Å²) in [5.74, 6) is 0. The second-order valence-electron chi connectivity index (χ2n) is 1.48. The molecule has 8 heavy (non-hydrogen) atoms. The van der Waals surface area contributed by atoms with Crippen molar-refractivity contribution in [3.63, 3.8) is 0 Å². The van der Waals surface area contributed by atoms with Gasteiger partial charge in [-0.1, -0.05) is 0 Å². The van der Waals surface area contributed by atoms with Gasteiger partial charge in [-0.15, -0.1) is 17.0 Å². The van der Waals surface area contributed by atoms with Gasteiger partial charge in [0, 0.05) is 32.7 Å². The van der Waals surface area contributed by atoms with Crippen LogP contribution in [-0.2, 0) is 24.2 Å². The summed E-state index contributed by atoms with van der Waals surface area (Å²) in [6.45, 7) is 1.89. The molecule has 0 aromatic rings. The molecule has 1 saturated heterocycles. The van der Waals surface area contributed by atoms with Crippen LogP contribution in [0.15, 0.2) is 0 Å². The van der Waals surface area contributed by atoms with Gasteiger partial charge in [0.15, 0.2) is 0 Å². The standard InChI is InChI=1S/C5H9O.BrH.Zn/c1-2-4-6-5-3-1;;/h1H,2-5H2;1H;/q-1;;. The van der Waals surface area contributed by atoms with Gasteiger partial charge in [-0.3, -0.25) is 0 Å². The third-order valence-electron chi connectivity index (χ3n) is 0.933. The van der Waals surface area contributed by atoms with Crippen molar-refractivity contribution in [2.45, 2.75) is 12.8 Å². The Bertz CT molecular complexity index is 27.9. The Kier molecular flexibility index (Phi) is 11.9. The molecule has 0 aromatic heterocycles. The molecule has 0 atom stereocenters. The minimum atomic E-state index is 0. The smallest absolute Gasteiger partial charge is 0.0195 e. The predicted octanol–water partition coefficient (Wildman–Crippen LogP) is 1.58. The zero-order valence-electron chi connectivity index (χ0n) is 4.93. The molecule has 0 unspecified atom stereocenters. The van der Waals surface area contributed by atoms with Crippen LogP contribution in [-0.4, -0.2) is 13.2 Å². The van der Waals surface area contributed by atoms with Crippen LogP contribution >= 0.6 is 17.0 Å². The zero-order chi connectivity index (χ0) is 4.24. The van der Waals surface area contributed by atoms with Gasteiger partial charge in [-0.2, -0.15) is 12.8 Å². The molecule has 0 radical (unpaired) electrons. The van der Waals surface area contributed by atoms with Crippen LogP contribution in [0.3, 0.4) is 0 Å². The largest absolute Gasteiger partial charge is 0.387 e. The van der Waals surface area contributed by atoms with E-state index in [1.54, 1.807) is 0 Å². The molecule has 0 aliphatic carbocycles. The van der Waals surface area contributed by atoms with E-state index in [2.05, 4.69) is 6.42 Å². The van der Waals surface area contributed by atoms with Crippen molar-refractivity contribution in [3.8, 4) is 0 Å². The van der Waals surface area contributed by atoms with Crippen LogP contribution in [0.4, 0.5) is 0 Å². The number of rotatable bonds is 0. The molecule has 1 rings (SSSR count). The molecule has 1 aliphatic heterocycles. The number of hydrogen-bond donors (Lipinski definition) is 0. The van der Waals surface area contributed by atoms with Gasteiger partial charge >= 0.3 is 0 Å². The number of halogens is 1. The van der Waals surface area contributed by atoms with Crippen molar-refractivity contribution in [3.05, 3.63) is 6.42 Å². The predicted molar refractivity (Wildman–Crippen MR) is 34.7 cm³/mol. The van der Waals surface area contributed by atoms with Gasteiger partial charge in [0.2, 0.25) is 0 Å². The second kappa shape index (κ2) is 8.06. The monoisotopic (exact) mass is 229 g/mol. The summed E-state index contributed by atoms with van der Waals surface area (Å²) in [4.78, 5) is 0. The van der Waals surface area contributed by atoms with E-state index in [4.69, 9.17) is 4.74 Å². The summed E-state index contributed by atoms with van der Waals surface area (Å²) in [5.41, 5.74) is 0. The first-order valence-corrected chi connectivity index (χ1v) is 2.39. The van der Waals surface area contributed by atoms with E-state index in [0.717, 1.165) is 26.1 Å². The molecule has 0 spiro atoms. The van der Waals surface area contributed by atoms with Gasteiger partial charge in [-0.05, 0) is 0 Å². The van der Waals surface area contributed by atoms with Crippen LogP contribution in [0.5, 0.6) is 0 Å². The molecule has 0 saturated carbocycles. The van der Waals surface area contributed by atoms with Crippen LogP contribution in [0.25, 0.3) is 0 Å². The molecule has 1 aliphatic rings. The molecule has 0 amide bonds. The number of ether oxygens (including phenoxy) is 1. The molecular weight excluding hydrogens is 221 g/mol. The van der Waals surface area contributed by atoms with E-state index in [-0.39, 0.29) is 36.5 Å². The first-order chi connectivity index (χ1) is 3.00. The third kappa shape index (κ3) is 5.20. The molecule has 46 valence electrons. The first kappa shape index (κ1) is 11.8. The Hall–Kier alpha value is 1.06. The fourth-order valence-electron chi connectivity index (χ4n) is 0.580. The van der Waals surface area contributed by atoms with E-state index in [1.165, 1.54) is 0 Å². The summed E-state index contributed by atoms with van der Waals surface area (Å²) in [7, 11) is 0. The Morgan fingerprint density at radius 1 is 1.12 bits per heavy atom. The zero-order valence-corrected chi connectivity index (χ0v) is 9.61. The second-order valence-corrected chi connectivity index (χ2v) is 1.48. The van der Waals surface area contributed by atoms with Crippen molar-refractivity contribution in [1.29, 1.82) is 0 Å². The van der Waals surface area contributed by atoms with Crippen LogP contribution < -0.4 is 0 Å². The fraction of sp³-hybridized carbons (Fsp3) is 0.800. The molecular formula is C5H10BrOZn-. The Labute approximate surface area is 73.7 Å². The van der Waals surface area contributed by atoms with Gasteiger partial charge in [-0.25, -0.2) is 0 Å². The van der Waals surface area contributed by atoms with E-state index < -0.39 is 0 Å². The van der Waals surface area contributed by atoms with Crippen molar-refractivity contribution in [1.82, 2.24) is 0 Å². The maximum Gasteiger partial charge on any atom is 0.0195 e. The molecule has 0 aromatic carbocycles. The first-order valence-electron chi connectivity index (χ1n) is 2.39. The quantitative estimate of drug-likeness (QED) is 0.454. The summed E-state index contributed by atoms with van der Waals surface area (Å²) in [6, 6.07) is 0. The maximum atomic E-state index is 5.04. The summed E-state index contributed by atoms with van der Waals surface area (Å²) in [6.07, 6.45) is 4.57. The van der Waals surface area contributed by atoms with Gasteiger partial charge < -0.3 is 11.2 Å². The third-order valence-corrected chi connectivity index (χ3v) is 0.933. The van der Waals surface area contributed by atoms with Crippen molar-refractivity contribution in [2.75, 3.05) is 13.2 Å². The fourth-order valence-corrected chi connectivity index (χ4v) is 0.580.